The van der Waals surface area contributed by atoms with Gasteiger partial charge in [0.2, 0.25) is 0 Å². The van der Waals surface area contributed by atoms with Gasteiger partial charge in [0.25, 0.3) is 0 Å². The average Bonchev–Trinajstić information content (AvgIpc) is 3.31. The van der Waals surface area contributed by atoms with E-state index in [1.165, 1.54) is 34.4 Å². The van der Waals surface area contributed by atoms with Crippen LogP contribution in [-0.2, 0) is 6.42 Å². The van der Waals surface area contributed by atoms with Gasteiger partial charge in [0.1, 0.15) is 0 Å². The highest BCUT2D eigenvalue weighted by atomic mass is 14.8. The molecule has 0 saturated carbocycles. The van der Waals surface area contributed by atoms with Crippen LogP contribution >= 0.6 is 0 Å². The van der Waals surface area contributed by atoms with Crippen LogP contribution in [-0.4, -0.2) is 5.71 Å². The Kier molecular flexibility index (Phi) is 6.00. The molecule has 0 bridgehead atoms. The Labute approximate surface area is 151 Å². The summed E-state index contributed by atoms with van der Waals surface area (Å²) in [6.45, 7) is 4.25. The number of aryl methyl sites for hydroxylation is 1. The van der Waals surface area contributed by atoms with Gasteiger partial charge < -0.3 is 0 Å². The second-order valence-corrected chi connectivity index (χ2v) is 6.64. The Morgan fingerprint density at radius 2 is 1.88 bits per heavy atom. The molecule has 0 aromatic heterocycles. The van der Waals surface area contributed by atoms with Crippen LogP contribution in [0.1, 0.15) is 38.7 Å². The fraction of sp³-hybridized carbons (Fsp3) is 0.292. The molecular weight excluding hydrogens is 302 g/mol. The molecule has 1 aromatic rings. The molecule has 128 valence electrons. The number of allylic oxidation sites excluding steroid dienone is 9. The maximum Gasteiger partial charge on any atom is 0.0549 e. The van der Waals surface area contributed by atoms with Crippen molar-refractivity contribution in [3.63, 3.8) is 0 Å². The summed E-state index contributed by atoms with van der Waals surface area (Å²) >= 11 is 0. The Morgan fingerprint density at radius 3 is 2.60 bits per heavy atom. The standard InChI is InChI=1S/C21H19N.C3H8/c1-2-7-16(8-3-1)13-14-18-11-6-12-19-20(15-22-21(18)19)17-9-4-5-10-17;1-3-2/h1-4,6-12,15,19H,5,13-14H2;3H2,1-2H3. The van der Waals surface area contributed by atoms with Crippen molar-refractivity contribution in [3.05, 3.63) is 95.3 Å². The summed E-state index contributed by atoms with van der Waals surface area (Å²) in [5.41, 5.74) is 6.71. The highest BCUT2D eigenvalue weighted by molar-refractivity contribution is 6.08. The van der Waals surface area contributed by atoms with E-state index in [9.17, 15) is 0 Å². The summed E-state index contributed by atoms with van der Waals surface area (Å²) in [6, 6.07) is 10.7. The molecule has 1 nitrogen and oxygen atoms in total. The maximum atomic E-state index is 4.74. The van der Waals surface area contributed by atoms with Crippen molar-refractivity contribution in [1.82, 2.24) is 0 Å². The molecule has 25 heavy (non-hydrogen) atoms. The van der Waals surface area contributed by atoms with Gasteiger partial charge in [0.15, 0.2) is 0 Å². The van der Waals surface area contributed by atoms with Crippen LogP contribution < -0.4 is 0 Å². The van der Waals surface area contributed by atoms with Gasteiger partial charge in [-0.05, 0) is 41.5 Å². The summed E-state index contributed by atoms with van der Waals surface area (Å²) in [4.78, 5) is 4.74. The zero-order chi connectivity index (χ0) is 17.5. The molecule has 0 amide bonds. The van der Waals surface area contributed by atoms with Crippen molar-refractivity contribution in [3.8, 4) is 0 Å². The van der Waals surface area contributed by atoms with Crippen LogP contribution in [0.15, 0.2) is 94.7 Å². The van der Waals surface area contributed by atoms with Gasteiger partial charge in [-0.3, -0.25) is 4.99 Å². The molecule has 1 aromatic carbocycles. The molecule has 3 aliphatic rings. The normalized spacial score (nSPS) is 20.2. The first-order valence-electron chi connectivity index (χ1n) is 9.40. The summed E-state index contributed by atoms with van der Waals surface area (Å²) < 4.78 is 0. The third-order valence-corrected chi connectivity index (χ3v) is 4.53. The Hall–Kier alpha value is -2.41. The zero-order valence-electron chi connectivity index (χ0n) is 15.3. The first-order valence-corrected chi connectivity index (χ1v) is 9.40. The lowest BCUT2D eigenvalue weighted by Crippen LogP contribution is -2.17. The Morgan fingerprint density at radius 1 is 1.08 bits per heavy atom. The van der Waals surface area contributed by atoms with E-state index in [4.69, 9.17) is 4.99 Å². The van der Waals surface area contributed by atoms with Crippen molar-refractivity contribution < 1.29 is 0 Å². The predicted octanol–water partition coefficient (Wildman–Crippen LogP) is 6.37. The number of fused-ring (bicyclic) bond motifs is 1. The molecule has 4 rings (SSSR count). The quantitative estimate of drug-likeness (QED) is 0.608. The van der Waals surface area contributed by atoms with E-state index in [2.05, 4.69) is 86.8 Å². The average molecular weight is 329 g/mol. The fourth-order valence-corrected chi connectivity index (χ4v) is 3.35. The van der Waals surface area contributed by atoms with Gasteiger partial charge >= 0.3 is 0 Å². The number of hydrogen-bond acceptors (Lipinski definition) is 1. The van der Waals surface area contributed by atoms with Gasteiger partial charge in [-0.15, -0.1) is 0 Å². The van der Waals surface area contributed by atoms with Gasteiger partial charge in [0.05, 0.1) is 5.71 Å². The van der Waals surface area contributed by atoms with Crippen LogP contribution in [0.5, 0.6) is 0 Å². The predicted molar refractivity (Wildman–Crippen MR) is 109 cm³/mol. The number of hydrogen-bond donors (Lipinski definition) is 0. The lowest BCUT2D eigenvalue weighted by Gasteiger charge is -2.19. The number of benzene rings is 1. The third kappa shape index (κ3) is 4.17. The van der Waals surface area contributed by atoms with Crippen molar-refractivity contribution in [1.29, 1.82) is 0 Å². The molecule has 1 unspecified atom stereocenters. The zero-order valence-corrected chi connectivity index (χ0v) is 15.3. The second kappa shape index (κ2) is 8.62. The lowest BCUT2D eigenvalue weighted by atomic mass is 9.83. The van der Waals surface area contributed by atoms with Gasteiger partial charge in [0, 0.05) is 12.1 Å². The van der Waals surface area contributed by atoms with Crippen LogP contribution in [0.25, 0.3) is 0 Å². The molecule has 0 spiro atoms. The summed E-state index contributed by atoms with van der Waals surface area (Å²) in [6.07, 6.45) is 19.9. The minimum absolute atomic E-state index is 0.352. The Bertz CT molecular complexity index is 770. The van der Waals surface area contributed by atoms with Crippen molar-refractivity contribution in [2.45, 2.75) is 39.5 Å². The molecule has 0 fully saturated rings. The monoisotopic (exact) mass is 329 g/mol. The first kappa shape index (κ1) is 17.4. The molecule has 0 N–H and O–H groups in total. The van der Waals surface area contributed by atoms with E-state index >= 15 is 0 Å². The van der Waals surface area contributed by atoms with Crippen LogP contribution in [0.2, 0.25) is 0 Å². The number of nitrogens with zero attached hydrogens (tertiary/aromatic N) is 1. The molecule has 1 heterocycles. The van der Waals surface area contributed by atoms with E-state index in [1.54, 1.807) is 0 Å². The Balaban J connectivity index is 0.000000569. The summed E-state index contributed by atoms with van der Waals surface area (Å²) in [5.74, 6) is 0.352. The highest BCUT2D eigenvalue weighted by Gasteiger charge is 2.28. The van der Waals surface area contributed by atoms with Crippen molar-refractivity contribution in [2.24, 2.45) is 10.9 Å². The second-order valence-electron chi connectivity index (χ2n) is 6.64. The van der Waals surface area contributed by atoms with Gasteiger partial charge in [-0.1, -0.05) is 87.1 Å². The first-order chi connectivity index (χ1) is 12.3. The summed E-state index contributed by atoms with van der Waals surface area (Å²) in [7, 11) is 0. The molecule has 0 saturated heterocycles. The largest absolute Gasteiger partial charge is 0.260 e. The van der Waals surface area contributed by atoms with E-state index in [-0.39, 0.29) is 0 Å². The van der Waals surface area contributed by atoms with E-state index in [0.717, 1.165) is 19.3 Å². The van der Waals surface area contributed by atoms with E-state index in [0.29, 0.717) is 5.92 Å². The van der Waals surface area contributed by atoms with E-state index in [1.807, 2.05) is 0 Å². The SMILES string of the molecule is C1=CC2C(C3=CCC=C3)=CN=C2C(CCc2ccccc2)=C1.CCC. The number of aliphatic imine (C=N–C) groups is 1. The topological polar surface area (TPSA) is 12.4 Å². The van der Waals surface area contributed by atoms with Gasteiger partial charge in [-0.25, -0.2) is 0 Å². The third-order valence-electron chi connectivity index (χ3n) is 4.53. The highest BCUT2D eigenvalue weighted by Crippen LogP contribution is 2.36. The molecule has 1 aliphatic heterocycles. The molecular formula is C24H27N. The van der Waals surface area contributed by atoms with Crippen LogP contribution in [0.4, 0.5) is 0 Å². The molecule has 1 heteroatoms. The molecule has 0 radical (unpaired) electrons. The summed E-state index contributed by atoms with van der Waals surface area (Å²) in [5, 5.41) is 0. The van der Waals surface area contributed by atoms with Crippen molar-refractivity contribution >= 4 is 5.71 Å². The van der Waals surface area contributed by atoms with Gasteiger partial charge in [-0.2, -0.15) is 0 Å². The minimum Gasteiger partial charge on any atom is -0.260 e. The van der Waals surface area contributed by atoms with Crippen LogP contribution in [0.3, 0.4) is 0 Å². The minimum atomic E-state index is 0.352. The smallest absolute Gasteiger partial charge is 0.0549 e. The van der Waals surface area contributed by atoms with Crippen molar-refractivity contribution in [2.75, 3.05) is 0 Å². The maximum absolute atomic E-state index is 4.74. The molecule has 1 atom stereocenters. The van der Waals surface area contributed by atoms with Crippen LogP contribution in [0, 0.1) is 5.92 Å². The fourth-order valence-electron chi connectivity index (χ4n) is 3.35. The lowest BCUT2D eigenvalue weighted by molar-refractivity contribution is 0.948. The number of rotatable bonds is 4. The molecule has 2 aliphatic carbocycles. The van der Waals surface area contributed by atoms with E-state index < -0.39 is 0 Å².